The number of carbonyl (C=O) groups is 1. The minimum absolute atomic E-state index is 0.0213. The second-order valence-electron chi connectivity index (χ2n) is 6.78. The van der Waals surface area contributed by atoms with Gasteiger partial charge in [0.25, 0.3) is 0 Å². The van der Waals surface area contributed by atoms with Gasteiger partial charge in [-0.3, -0.25) is 9.69 Å². The van der Waals surface area contributed by atoms with Crippen LogP contribution in [0.2, 0.25) is 0 Å². The van der Waals surface area contributed by atoms with E-state index in [2.05, 4.69) is 41.9 Å². The number of anilines is 1. The summed E-state index contributed by atoms with van der Waals surface area (Å²) in [6.07, 6.45) is 1.04. The van der Waals surface area contributed by atoms with Crippen LogP contribution in [0.15, 0.2) is 53.9 Å². The number of thiazole rings is 1. The summed E-state index contributed by atoms with van der Waals surface area (Å²) in [6, 6.07) is 16.4. The van der Waals surface area contributed by atoms with E-state index in [1.54, 1.807) is 11.3 Å². The first kappa shape index (κ1) is 19.3. The first-order valence-corrected chi connectivity index (χ1v) is 10.00. The Balaban J connectivity index is 1.54. The summed E-state index contributed by atoms with van der Waals surface area (Å²) in [4.78, 5) is 18.9. The van der Waals surface area contributed by atoms with Crippen LogP contribution in [0.1, 0.15) is 23.7 Å². The molecule has 3 aromatic rings. The largest absolute Gasteiger partial charge is 0.325 e. The van der Waals surface area contributed by atoms with Crippen molar-refractivity contribution in [2.75, 3.05) is 18.9 Å². The Kier molecular flexibility index (Phi) is 6.37. The molecule has 1 heterocycles. The molecule has 1 N–H and O–H groups in total. The molecule has 0 spiro atoms. The third kappa shape index (κ3) is 5.49. The average molecular weight is 380 g/mol. The van der Waals surface area contributed by atoms with E-state index in [1.165, 1.54) is 11.1 Å². The molecule has 2 aromatic carbocycles. The van der Waals surface area contributed by atoms with Crippen molar-refractivity contribution in [1.29, 1.82) is 0 Å². The second kappa shape index (κ2) is 8.93. The number of carbonyl (C=O) groups excluding carboxylic acids is 1. The zero-order valence-electron chi connectivity index (χ0n) is 16.0. The minimum atomic E-state index is -0.0213. The van der Waals surface area contributed by atoms with Crippen LogP contribution in [0.25, 0.3) is 10.6 Å². The number of aromatic nitrogens is 1. The number of rotatable bonds is 7. The van der Waals surface area contributed by atoms with Crippen LogP contribution in [-0.4, -0.2) is 29.4 Å². The van der Waals surface area contributed by atoms with Gasteiger partial charge >= 0.3 is 0 Å². The molecule has 0 radical (unpaired) electrons. The van der Waals surface area contributed by atoms with Gasteiger partial charge in [0.15, 0.2) is 0 Å². The molecule has 0 aliphatic carbocycles. The highest BCUT2D eigenvalue weighted by Gasteiger charge is 2.11. The predicted octanol–water partition coefficient (Wildman–Crippen LogP) is 4.75. The van der Waals surface area contributed by atoms with Gasteiger partial charge in [-0.1, -0.05) is 48.9 Å². The number of benzene rings is 2. The van der Waals surface area contributed by atoms with Crippen molar-refractivity contribution in [3.05, 3.63) is 70.7 Å². The quantitative estimate of drug-likeness (QED) is 0.644. The van der Waals surface area contributed by atoms with Gasteiger partial charge in [0.1, 0.15) is 5.01 Å². The molecule has 0 unspecified atom stereocenters. The van der Waals surface area contributed by atoms with Gasteiger partial charge in [-0.15, -0.1) is 11.3 Å². The molecule has 0 aliphatic rings. The predicted molar refractivity (Wildman–Crippen MR) is 113 cm³/mol. The van der Waals surface area contributed by atoms with Crippen LogP contribution < -0.4 is 5.32 Å². The van der Waals surface area contributed by atoms with Crippen LogP contribution in [0.4, 0.5) is 5.69 Å². The van der Waals surface area contributed by atoms with Crippen molar-refractivity contribution in [3.63, 3.8) is 0 Å². The van der Waals surface area contributed by atoms with Gasteiger partial charge in [0, 0.05) is 23.2 Å². The molecule has 0 atom stereocenters. The smallest absolute Gasteiger partial charge is 0.238 e. The number of hydrogen-bond donors (Lipinski definition) is 1. The summed E-state index contributed by atoms with van der Waals surface area (Å²) in [5.74, 6) is -0.0213. The Labute approximate surface area is 164 Å². The van der Waals surface area contributed by atoms with E-state index in [4.69, 9.17) is 4.98 Å². The molecule has 4 nitrogen and oxygen atoms in total. The molecule has 3 rings (SSSR count). The molecule has 0 fully saturated rings. The van der Waals surface area contributed by atoms with Crippen molar-refractivity contribution >= 4 is 22.9 Å². The van der Waals surface area contributed by atoms with E-state index in [9.17, 15) is 4.79 Å². The third-order valence-corrected chi connectivity index (χ3v) is 5.28. The van der Waals surface area contributed by atoms with Crippen molar-refractivity contribution in [3.8, 4) is 10.6 Å². The highest BCUT2D eigenvalue weighted by molar-refractivity contribution is 7.13. The number of nitrogens with zero attached hydrogens (tertiary/aromatic N) is 2. The maximum Gasteiger partial charge on any atom is 0.238 e. The van der Waals surface area contributed by atoms with E-state index in [-0.39, 0.29) is 5.91 Å². The molecule has 1 amide bonds. The highest BCUT2D eigenvalue weighted by atomic mass is 32.1. The van der Waals surface area contributed by atoms with Gasteiger partial charge in [0.05, 0.1) is 12.2 Å². The van der Waals surface area contributed by atoms with Gasteiger partial charge in [-0.25, -0.2) is 4.98 Å². The number of amides is 1. The third-order valence-electron chi connectivity index (χ3n) is 4.34. The van der Waals surface area contributed by atoms with Crippen molar-refractivity contribution in [2.45, 2.75) is 26.8 Å². The van der Waals surface area contributed by atoms with Crippen LogP contribution >= 0.6 is 11.3 Å². The van der Waals surface area contributed by atoms with E-state index < -0.39 is 0 Å². The summed E-state index contributed by atoms with van der Waals surface area (Å²) in [7, 11) is 1.93. The fraction of sp³-hybridized carbons (Fsp3) is 0.273. The zero-order chi connectivity index (χ0) is 19.2. The second-order valence-corrected chi connectivity index (χ2v) is 7.64. The summed E-state index contributed by atoms with van der Waals surface area (Å²) in [6.45, 7) is 5.15. The lowest BCUT2D eigenvalue weighted by molar-refractivity contribution is -0.117. The minimum Gasteiger partial charge on any atom is -0.325 e. The fourth-order valence-electron chi connectivity index (χ4n) is 2.81. The number of aryl methyl sites for hydroxylation is 2. The zero-order valence-corrected chi connectivity index (χ0v) is 16.8. The lowest BCUT2D eigenvalue weighted by atomic mass is 10.1. The highest BCUT2D eigenvalue weighted by Crippen LogP contribution is 2.24. The SMILES string of the molecule is CCc1ccc(-c2nc(CN(C)CC(=O)Nc3ccc(C)cc3)cs2)cc1. The van der Waals surface area contributed by atoms with E-state index in [0.29, 0.717) is 13.1 Å². The van der Waals surface area contributed by atoms with Crippen LogP contribution in [0.3, 0.4) is 0 Å². The summed E-state index contributed by atoms with van der Waals surface area (Å²) in [5, 5.41) is 6.01. The maximum atomic E-state index is 12.2. The number of hydrogen-bond acceptors (Lipinski definition) is 4. The van der Waals surface area contributed by atoms with Gasteiger partial charge in [-0.05, 0) is 38.1 Å². The first-order chi connectivity index (χ1) is 13.0. The molecular weight excluding hydrogens is 354 g/mol. The van der Waals surface area contributed by atoms with E-state index >= 15 is 0 Å². The molecular formula is C22H25N3OS. The van der Waals surface area contributed by atoms with Crippen molar-refractivity contribution < 1.29 is 4.79 Å². The van der Waals surface area contributed by atoms with E-state index in [1.807, 2.05) is 43.1 Å². The Hall–Kier alpha value is -2.50. The molecule has 0 saturated heterocycles. The topological polar surface area (TPSA) is 45.2 Å². The summed E-state index contributed by atoms with van der Waals surface area (Å²) < 4.78 is 0. The Morgan fingerprint density at radius 2 is 1.81 bits per heavy atom. The molecule has 0 bridgehead atoms. The van der Waals surface area contributed by atoms with Crippen LogP contribution in [-0.2, 0) is 17.8 Å². The molecule has 0 aliphatic heterocycles. The van der Waals surface area contributed by atoms with Gasteiger partial charge in [-0.2, -0.15) is 0 Å². The molecule has 5 heteroatoms. The first-order valence-electron chi connectivity index (χ1n) is 9.12. The Bertz CT molecular complexity index is 885. The number of likely N-dealkylation sites (N-methyl/N-ethyl adjacent to an activating group) is 1. The van der Waals surface area contributed by atoms with Gasteiger partial charge < -0.3 is 5.32 Å². The molecule has 27 heavy (non-hydrogen) atoms. The standard InChI is InChI=1S/C22H25N3OS/c1-4-17-7-9-18(10-8-17)22-24-20(15-27-22)13-25(3)14-21(26)23-19-11-5-16(2)6-12-19/h5-12,15H,4,13-14H2,1-3H3,(H,23,26). The summed E-state index contributed by atoms with van der Waals surface area (Å²) in [5.41, 5.74) is 5.46. The number of nitrogens with one attached hydrogen (secondary N) is 1. The van der Waals surface area contributed by atoms with Crippen LogP contribution in [0.5, 0.6) is 0 Å². The normalized spacial score (nSPS) is 11.0. The molecule has 0 saturated carbocycles. The maximum absolute atomic E-state index is 12.2. The van der Waals surface area contributed by atoms with Crippen molar-refractivity contribution in [2.24, 2.45) is 0 Å². The lowest BCUT2D eigenvalue weighted by Gasteiger charge is -2.15. The fourth-order valence-corrected chi connectivity index (χ4v) is 3.63. The van der Waals surface area contributed by atoms with Crippen LogP contribution in [0, 0.1) is 6.92 Å². The average Bonchev–Trinajstić information content (AvgIpc) is 3.12. The summed E-state index contributed by atoms with van der Waals surface area (Å²) >= 11 is 1.64. The Morgan fingerprint density at radius 3 is 2.48 bits per heavy atom. The molecule has 140 valence electrons. The van der Waals surface area contributed by atoms with Crippen molar-refractivity contribution in [1.82, 2.24) is 9.88 Å². The Morgan fingerprint density at radius 1 is 1.11 bits per heavy atom. The lowest BCUT2D eigenvalue weighted by Crippen LogP contribution is -2.29. The van der Waals surface area contributed by atoms with Gasteiger partial charge in [0.2, 0.25) is 5.91 Å². The molecule has 1 aromatic heterocycles. The monoisotopic (exact) mass is 379 g/mol. The van der Waals surface area contributed by atoms with E-state index in [0.717, 1.165) is 28.4 Å².